The van der Waals surface area contributed by atoms with Crippen molar-refractivity contribution in [2.45, 2.75) is 37.8 Å². The number of nitrogens with one attached hydrogen (secondary N) is 2. The molecule has 1 aliphatic carbocycles. The monoisotopic (exact) mass is 520 g/mol. The zero-order chi connectivity index (χ0) is 23.6. The summed E-state index contributed by atoms with van der Waals surface area (Å²) in [6, 6.07) is 13.3. The van der Waals surface area contributed by atoms with Crippen LogP contribution in [0.5, 0.6) is 5.75 Å². The van der Waals surface area contributed by atoms with Crippen molar-refractivity contribution in [3.8, 4) is 5.75 Å². The van der Waals surface area contributed by atoms with Gasteiger partial charge in [0.15, 0.2) is 0 Å². The fraction of sp³-hybridized carbons (Fsp3) is 0.370. The van der Waals surface area contributed by atoms with Gasteiger partial charge in [-0.2, -0.15) is 0 Å². The smallest absolute Gasteiger partial charge is 0.254 e. The third-order valence-corrected chi connectivity index (χ3v) is 8.10. The summed E-state index contributed by atoms with van der Waals surface area (Å²) in [6.45, 7) is 8.81. The Morgan fingerprint density at radius 3 is 2.85 bits per heavy atom. The molecule has 0 spiro atoms. The Hall–Kier alpha value is -2.77. The highest BCUT2D eigenvalue weighted by Crippen LogP contribution is 2.51. The van der Waals surface area contributed by atoms with Crippen molar-refractivity contribution in [1.29, 1.82) is 0 Å². The van der Waals surface area contributed by atoms with Gasteiger partial charge in [0.2, 0.25) is 0 Å². The Morgan fingerprint density at radius 1 is 1.26 bits per heavy atom. The van der Waals surface area contributed by atoms with Crippen molar-refractivity contribution in [2.75, 3.05) is 19.6 Å². The second kappa shape index (κ2) is 7.89. The van der Waals surface area contributed by atoms with Gasteiger partial charge < -0.3 is 20.3 Å². The first-order chi connectivity index (χ1) is 16.4. The molecule has 1 saturated heterocycles. The van der Waals surface area contributed by atoms with E-state index in [4.69, 9.17) is 0 Å². The van der Waals surface area contributed by atoms with Crippen LogP contribution in [0.3, 0.4) is 0 Å². The summed E-state index contributed by atoms with van der Waals surface area (Å²) in [4.78, 5) is 21.6. The topological polar surface area (TPSA) is 71.6 Å². The van der Waals surface area contributed by atoms with Crippen LogP contribution in [-0.2, 0) is 11.2 Å². The minimum Gasteiger partial charge on any atom is -0.508 e. The maximum absolute atomic E-state index is 13.9. The predicted molar refractivity (Wildman–Crippen MR) is 136 cm³/mol. The molecule has 2 aromatic carbocycles. The molecule has 6 nitrogen and oxygen atoms in total. The third-order valence-electron chi connectivity index (χ3n) is 7.61. The predicted octanol–water partition coefficient (Wildman–Crippen LogP) is 4.66. The Morgan fingerprint density at radius 2 is 2.09 bits per heavy atom. The Bertz CT molecular complexity index is 1310. The lowest BCUT2D eigenvalue weighted by Crippen LogP contribution is -2.52. The summed E-state index contributed by atoms with van der Waals surface area (Å²) in [5.41, 5.74) is 3.42. The number of phenolic OH excluding ortho intramolecular Hbond substituents is 1. The van der Waals surface area contributed by atoms with Gasteiger partial charge in [0.25, 0.3) is 5.91 Å². The molecule has 2 aliphatic heterocycles. The molecule has 34 heavy (non-hydrogen) atoms. The molecule has 1 amide bonds. The number of carbonyl (C=O) groups is 1. The van der Waals surface area contributed by atoms with E-state index in [9.17, 15) is 9.90 Å². The summed E-state index contributed by atoms with van der Waals surface area (Å²) in [5.74, 6) is 1.82. The third kappa shape index (κ3) is 3.36. The van der Waals surface area contributed by atoms with E-state index in [1.165, 1.54) is 12.8 Å². The van der Waals surface area contributed by atoms with Crippen molar-refractivity contribution in [3.63, 3.8) is 0 Å². The first-order valence-electron chi connectivity index (χ1n) is 12.0. The number of rotatable bonds is 6. The molecule has 3 N–H and O–H groups in total. The molecule has 1 aromatic heterocycles. The van der Waals surface area contributed by atoms with Crippen LogP contribution in [-0.4, -0.2) is 51.0 Å². The molecule has 2 atom stereocenters. The van der Waals surface area contributed by atoms with Gasteiger partial charge in [-0.05, 0) is 73.7 Å². The van der Waals surface area contributed by atoms with Crippen LogP contribution < -0.4 is 5.32 Å². The number of carbonyl (C=O) groups excluding carboxylic acids is 1. The zero-order valence-electron chi connectivity index (χ0n) is 19.3. The Kier molecular flexibility index (Phi) is 5.04. The highest BCUT2D eigenvalue weighted by molar-refractivity contribution is 9.10. The average Bonchev–Trinajstić information content (AvgIpc) is 3.54. The maximum atomic E-state index is 13.9. The molecule has 0 radical (unpaired) electrons. The van der Waals surface area contributed by atoms with Crippen LogP contribution >= 0.6 is 15.9 Å². The normalized spacial score (nSPS) is 24.1. The van der Waals surface area contributed by atoms with Gasteiger partial charge in [-0.15, -0.1) is 0 Å². The van der Waals surface area contributed by atoms with Crippen LogP contribution in [0.2, 0.25) is 0 Å². The number of nitrogens with zero attached hydrogens (tertiary/aromatic N) is 2. The van der Waals surface area contributed by atoms with Crippen LogP contribution in [0.1, 0.15) is 42.6 Å². The molecule has 6 rings (SSSR count). The average molecular weight is 521 g/mol. The number of aromatic hydroxyl groups is 1. The van der Waals surface area contributed by atoms with Gasteiger partial charge in [-0.3, -0.25) is 9.69 Å². The summed E-state index contributed by atoms with van der Waals surface area (Å²) >= 11 is 3.61. The van der Waals surface area contributed by atoms with Crippen LogP contribution in [0.15, 0.2) is 59.3 Å². The van der Waals surface area contributed by atoms with Crippen molar-refractivity contribution in [2.24, 2.45) is 5.92 Å². The second-order valence-electron chi connectivity index (χ2n) is 10.0. The molecule has 0 bridgehead atoms. The molecule has 3 heterocycles. The molecular formula is C27H29BrN4O2. The maximum Gasteiger partial charge on any atom is 0.254 e. The van der Waals surface area contributed by atoms with Crippen molar-refractivity contribution < 1.29 is 9.90 Å². The highest BCUT2D eigenvalue weighted by atomic mass is 79.9. The number of hydrogen-bond donors (Lipinski definition) is 3. The minimum absolute atomic E-state index is 0.0888. The zero-order valence-corrected chi connectivity index (χ0v) is 20.9. The van der Waals surface area contributed by atoms with E-state index < -0.39 is 5.54 Å². The number of halogens is 1. The van der Waals surface area contributed by atoms with Gasteiger partial charge in [0.05, 0.1) is 6.04 Å². The largest absolute Gasteiger partial charge is 0.508 e. The molecule has 7 heteroatoms. The lowest BCUT2D eigenvalue weighted by atomic mass is 9.81. The minimum atomic E-state index is -0.756. The molecule has 176 valence electrons. The summed E-state index contributed by atoms with van der Waals surface area (Å²) < 4.78 is 1.01. The van der Waals surface area contributed by atoms with E-state index in [-0.39, 0.29) is 17.7 Å². The fourth-order valence-electron chi connectivity index (χ4n) is 5.72. The van der Waals surface area contributed by atoms with E-state index in [1.807, 2.05) is 30.0 Å². The van der Waals surface area contributed by atoms with E-state index >= 15 is 0 Å². The summed E-state index contributed by atoms with van der Waals surface area (Å²) in [5, 5.41) is 14.9. The lowest BCUT2D eigenvalue weighted by Gasteiger charge is -2.44. The SMILES string of the molecule is C=C1N(CCNCC2CC2)C(=O)[C@]2(C)Cc3c([nH]c4ccc(Br)cc34)[C@@H](c3cccc(O)c3)N12. The van der Waals surface area contributed by atoms with Crippen molar-refractivity contribution in [1.82, 2.24) is 20.1 Å². The Labute approximate surface area is 207 Å². The fourth-order valence-corrected chi connectivity index (χ4v) is 6.08. The molecular weight excluding hydrogens is 492 g/mol. The molecule has 3 aromatic rings. The van der Waals surface area contributed by atoms with Gasteiger partial charge in [-0.1, -0.05) is 34.6 Å². The standard InChI is InChI=1S/C27H29BrN4O2/c1-16-31(11-10-29-15-17-6-7-17)26(34)27(2)14-22-21-13-19(28)8-9-23(21)30-24(22)25(32(16)27)18-4-3-5-20(33)12-18/h3-5,8-9,12-13,17,25,29-30,33H,1,6-7,10-11,14-15H2,2H3/t25-,27+/m1/s1. The number of amides is 1. The molecule has 0 unspecified atom stereocenters. The first-order valence-corrected chi connectivity index (χ1v) is 12.8. The number of aromatic nitrogens is 1. The lowest BCUT2D eigenvalue weighted by molar-refractivity contribution is -0.133. The van der Waals surface area contributed by atoms with Crippen LogP contribution in [0, 0.1) is 5.92 Å². The van der Waals surface area contributed by atoms with Crippen molar-refractivity contribution in [3.05, 3.63) is 76.2 Å². The van der Waals surface area contributed by atoms with E-state index in [0.29, 0.717) is 13.0 Å². The number of phenols is 1. The first kappa shape index (κ1) is 21.7. The second-order valence-corrected chi connectivity index (χ2v) is 11.0. The number of hydrogen-bond acceptors (Lipinski definition) is 4. The van der Waals surface area contributed by atoms with Crippen LogP contribution in [0.25, 0.3) is 10.9 Å². The van der Waals surface area contributed by atoms with E-state index in [2.05, 4.69) is 49.8 Å². The molecule has 3 aliphatic rings. The van der Waals surface area contributed by atoms with E-state index in [1.54, 1.807) is 12.1 Å². The van der Waals surface area contributed by atoms with Crippen molar-refractivity contribution >= 4 is 32.7 Å². The quantitative estimate of drug-likeness (QED) is 0.413. The van der Waals surface area contributed by atoms with Crippen LogP contribution in [0.4, 0.5) is 0 Å². The van der Waals surface area contributed by atoms with Gasteiger partial charge in [-0.25, -0.2) is 0 Å². The number of fused-ring (bicyclic) bond motifs is 4. The van der Waals surface area contributed by atoms with Gasteiger partial charge in [0, 0.05) is 40.6 Å². The number of H-pyrrole nitrogens is 1. The summed E-state index contributed by atoms with van der Waals surface area (Å²) in [7, 11) is 0. The number of benzene rings is 2. The van der Waals surface area contributed by atoms with E-state index in [0.717, 1.165) is 57.0 Å². The number of aromatic amines is 1. The molecule has 1 saturated carbocycles. The highest BCUT2D eigenvalue weighted by Gasteiger charge is 2.57. The van der Waals surface area contributed by atoms with Gasteiger partial charge in [0.1, 0.15) is 17.1 Å². The molecule has 2 fully saturated rings. The Balaban J connectivity index is 1.44. The summed E-state index contributed by atoms with van der Waals surface area (Å²) in [6.07, 6.45) is 3.21. The van der Waals surface area contributed by atoms with Gasteiger partial charge >= 0.3 is 0 Å².